The monoisotopic (exact) mass is 155 g/mol. The van der Waals surface area contributed by atoms with E-state index in [1.54, 1.807) is 23.7 Å². The van der Waals surface area contributed by atoms with Gasteiger partial charge in [0.1, 0.15) is 5.38 Å². The van der Waals surface area contributed by atoms with E-state index in [4.69, 9.17) is 4.84 Å². The maximum absolute atomic E-state index is 11.0. The van der Waals surface area contributed by atoms with Crippen molar-refractivity contribution in [3.63, 3.8) is 0 Å². The first-order chi connectivity index (χ1) is 4.88. The van der Waals surface area contributed by atoms with Crippen LogP contribution in [0.1, 0.15) is 4.88 Å². The van der Waals surface area contributed by atoms with Crippen LogP contribution >= 0.6 is 10.8 Å². The SMILES string of the molecule is [O-][s+]1ccc2c1C=CNO2. The average Bonchev–Trinajstić information content (AvgIpc) is 2.34. The second-order valence-electron chi connectivity index (χ2n) is 1.88. The summed E-state index contributed by atoms with van der Waals surface area (Å²) in [5.41, 5.74) is 2.55. The van der Waals surface area contributed by atoms with E-state index >= 15 is 0 Å². The fourth-order valence-corrected chi connectivity index (χ4v) is 1.72. The molecule has 52 valence electrons. The van der Waals surface area contributed by atoms with Gasteiger partial charge in [0, 0.05) is 18.3 Å². The topological polar surface area (TPSA) is 44.3 Å². The Hall–Kier alpha value is -1.00. The van der Waals surface area contributed by atoms with Crippen LogP contribution in [0, 0.1) is 0 Å². The minimum Gasteiger partial charge on any atom is -0.590 e. The molecule has 0 saturated heterocycles. The van der Waals surface area contributed by atoms with Gasteiger partial charge in [-0.25, -0.2) is 5.48 Å². The Morgan fingerprint density at radius 1 is 1.60 bits per heavy atom. The Morgan fingerprint density at radius 3 is 3.30 bits per heavy atom. The van der Waals surface area contributed by atoms with Crippen LogP contribution < -0.4 is 10.3 Å². The molecule has 0 aliphatic carbocycles. The van der Waals surface area contributed by atoms with Crippen LogP contribution in [-0.4, -0.2) is 4.55 Å². The molecule has 0 spiro atoms. The van der Waals surface area contributed by atoms with Gasteiger partial charge >= 0.3 is 0 Å². The maximum atomic E-state index is 11.0. The zero-order valence-electron chi connectivity index (χ0n) is 5.03. The average molecular weight is 155 g/mol. The first kappa shape index (κ1) is 5.76. The van der Waals surface area contributed by atoms with E-state index in [0.29, 0.717) is 5.75 Å². The summed E-state index contributed by atoms with van der Waals surface area (Å²) in [6.45, 7) is 0. The first-order valence-corrected chi connectivity index (χ1v) is 4.01. The lowest BCUT2D eigenvalue weighted by atomic mass is 10.4. The van der Waals surface area contributed by atoms with E-state index in [0.717, 1.165) is 4.88 Å². The van der Waals surface area contributed by atoms with E-state index in [-0.39, 0.29) is 0 Å². The smallest absolute Gasteiger partial charge is 0.219 e. The standard InChI is InChI=1S/C6H5NO2S/c8-10-4-2-5-6(10)1-3-7-9-5/h1-4,7H. The van der Waals surface area contributed by atoms with Crippen molar-refractivity contribution in [3.8, 4) is 5.75 Å². The number of nitrogens with one attached hydrogen (secondary N) is 1. The Kier molecular flexibility index (Phi) is 1.15. The van der Waals surface area contributed by atoms with Crippen molar-refractivity contribution in [2.24, 2.45) is 0 Å². The van der Waals surface area contributed by atoms with E-state index in [1.807, 2.05) is 0 Å². The van der Waals surface area contributed by atoms with Gasteiger partial charge in [-0.05, 0) is 10.8 Å². The highest BCUT2D eigenvalue weighted by atomic mass is 32.2. The molecule has 4 heteroatoms. The molecule has 0 fully saturated rings. The number of fused-ring (bicyclic) bond motifs is 1. The summed E-state index contributed by atoms with van der Waals surface area (Å²) in [6.07, 6.45) is 3.36. The van der Waals surface area contributed by atoms with Crippen molar-refractivity contribution >= 4 is 16.8 Å². The van der Waals surface area contributed by atoms with Crippen LogP contribution in [0.2, 0.25) is 0 Å². The molecule has 1 N–H and O–H groups in total. The molecule has 0 aromatic carbocycles. The van der Waals surface area contributed by atoms with E-state index in [9.17, 15) is 4.55 Å². The molecule has 0 bridgehead atoms. The van der Waals surface area contributed by atoms with Gasteiger partial charge in [0.2, 0.25) is 10.6 Å². The summed E-state index contributed by atoms with van der Waals surface area (Å²) in [4.78, 5) is 5.67. The molecular formula is C6H5NO2S. The number of thiophene rings is 1. The maximum Gasteiger partial charge on any atom is 0.219 e. The van der Waals surface area contributed by atoms with Gasteiger partial charge in [-0.2, -0.15) is 0 Å². The van der Waals surface area contributed by atoms with Crippen molar-refractivity contribution in [3.05, 3.63) is 22.5 Å². The lowest BCUT2D eigenvalue weighted by molar-refractivity contribution is 0.240. The highest BCUT2D eigenvalue weighted by Crippen LogP contribution is 2.33. The summed E-state index contributed by atoms with van der Waals surface area (Å²) in [5.74, 6) is 0.654. The Balaban J connectivity index is 2.57. The fraction of sp³-hybridized carbons (Fsp3) is 0. The van der Waals surface area contributed by atoms with Crippen LogP contribution in [0.3, 0.4) is 0 Å². The molecule has 1 aromatic rings. The highest BCUT2D eigenvalue weighted by Gasteiger charge is 2.14. The Bertz CT molecular complexity index is 279. The van der Waals surface area contributed by atoms with Crippen molar-refractivity contribution < 1.29 is 9.39 Å². The van der Waals surface area contributed by atoms with Crippen molar-refractivity contribution in [1.29, 1.82) is 0 Å². The summed E-state index contributed by atoms with van der Waals surface area (Å²) in [5, 5.41) is 1.60. The van der Waals surface area contributed by atoms with Gasteiger partial charge in [0.05, 0.1) is 0 Å². The van der Waals surface area contributed by atoms with Gasteiger partial charge in [0.25, 0.3) is 0 Å². The van der Waals surface area contributed by atoms with Crippen LogP contribution in [0.15, 0.2) is 17.6 Å². The summed E-state index contributed by atoms with van der Waals surface area (Å²) in [6, 6.07) is 1.70. The molecule has 0 saturated carbocycles. The van der Waals surface area contributed by atoms with Gasteiger partial charge in [-0.3, -0.25) is 0 Å². The second kappa shape index (κ2) is 2.00. The Labute approximate surface area is 60.7 Å². The quantitative estimate of drug-likeness (QED) is 0.574. The molecule has 1 atom stereocenters. The molecular weight excluding hydrogens is 150 g/mol. The molecule has 0 amide bonds. The highest BCUT2D eigenvalue weighted by molar-refractivity contribution is 7.24. The number of hydroxylamine groups is 1. The first-order valence-electron chi connectivity index (χ1n) is 2.80. The lowest BCUT2D eigenvalue weighted by Gasteiger charge is -2.05. The summed E-state index contributed by atoms with van der Waals surface area (Å²) in [7, 11) is -0.992. The minimum absolute atomic E-state index is 0.654. The molecule has 3 nitrogen and oxygen atoms in total. The predicted octanol–water partition coefficient (Wildman–Crippen LogP) is 1.28. The molecule has 10 heavy (non-hydrogen) atoms. The van der Waals surface area contributed by atoms with Gasteiger partial charge in [0.15, 0.2) is 0 Å². The third-order valence-electron chi connectivity index (χ3n) is 1.27. The van der Waals surface area contributed by atoms with E-state index in [2.05, 4.69) is 5.48 Å². The molecule has 2 rings (SSSR count). The number of hydrogen-bond donors (Lipinski definition) is 1. The molecule has 1 aromatic heterocycles. The van der Waals surface area contributed by atoms with E-state index in [1.165, 1.54) is 0 Å². The van der Waals surface area contributed by atoms with E-state index < -0.39 is 10.8 Å². The van der Waals surface area contributed by atoms with Crippen LogP contribution in [0.25, 0.3) is 6.08 Å². The predicted molar refractivity (Wildman–Crippen MR) is 37.9 cm³/mol. The lowest BCUT2D eigenvalue weighted by Crippen LogP contribution is -2.12. The zero-order chi connectivity index (χ0) is 6.97. The number of rotatable bonds is 0. The number of hydrogen-bond acceptors (Lipinski definition) is 3. The zero-order valence-corrected chi connectivity index (χ0v) is 5.85. The largest absolute Gasteiger partial charge is 0.590 e. The van der Waals surface area contributed by atoms with Crippen molar-refractivity contribution in [2.75, 3.05) is 0 Å². The van der Waals surface area contributed by atoms with Gasteiger partial charge in [-0.1, -0.05) is 0 Å². The van der Waals surface area contributed by atoms with Crippen molar-refractivity contribution in [2.45, 2.75) is 0 Å². The minimum atomic E-state index is -0.992. The third kappa shape index (κ3) is 0.698. The second-order valence-corrected chi connectivity index (χ2v) is 3.19. The van der Waals surface area contributed by atoms with Crippen LogP contribution in [0.4, 0.5) is 0 Å². The van der Waals surface area contributed by atoms with Gasteiger partial charge < -0.3 is 9.39 Å². The fourth-order valence-electron chi connectivity index (χ4n) is 0.819. The molecule has 1 unspecified atom stereocenters. The normalized spacial score (nSPS) is 15.5. The summed E-state index contributed by atoms with van der Waals surface area (Å²) < 4.78 is 11.0. The van der Waals surface area contributed by atoms with Gasteiger partial charge in [-0.15, -0.1) is 0 Å². The molecule has 1 aliphatic heterocycles. The molecule has 0 radical (unpaired) electrons. The third-order valence-corrected chi connectivity index (χ3v) is 2.43. The van der Waals surface area contributed by atoms with Crippen molar-refractivity contribution in [1.82, 2.24) is 5.48 Å². The van der Waals surface area contributed by atoms with Crippen LogP contribution in [-0.2, 0) is 0 Å². The molecule has 2 heterocycles. The summed E-state index contributed by atoms with van der Waals surface area (Å²) >= 11 is 0. The van der Waals surface area contributed by atoms with Crippen LogP contribution in [0.5, 0.6) is 5.75 Å². The molecule has 1 aliphatic rings. The Morgan fingerprint density at radius 2 is 2.50 bits per heavy atom.